The quantitative estimate of drug-likeness (QED) is 0.384. The van der Waals surface area contributed by atoms with Crippen LogP contribution in [0, 0.1) is 17.0 Å². The molecule has 1 heterocycles. The summed E-state index contributed by atoms with van der Waals surface area (Å²) in [6.45, 7) is 1.86. The lowest BCUT2D eigenvalue weighted by Gasteiger charge is -2.08. The van der Waals surface area contributed by atoms with Crippen molar-refractivity contribution in [2.24, 2.45) is 0 Å². The maximum atomic E-state index is 12.6. The molecule has 0 aliphatic carbocycles. The van der Waals surface area contributed by atoms with Gasteiger partial charge in [0.2, 0.25) is 0 Å². The molecule has 0 atom stereocenters. The number of thiophene rings is 1. The Morgan fingerprint density at radius 2 is 1.71 bits per heavy atom. The number of nitro groups is 1. The minimum atomic E-state index is -0.554. The van der Waals surface area contributed by atoms with Crippen molar-refractivity contribution in [1.82, 2.24) is 0 Å². The van der Waals surface area contributed by atoms with Crippen molar-refractivity contribution < 1.29 is 19.2 Å². The van der Waals surface area contributed by atoms with Gasteiger partial charge < -0.3 is 10.1 Å². The van der Waals surface area contributed by atoms with Crippen molar-refractivity contribution in [2.75, 3.05) is 12.4 Å². The lowest BCUT2D eigenvalue weighted by molar-refractivity contribution is -0.384. The second-order valence-corrected chi connectivity index (χ2v) is 7.08. The van der Waals surface area contributed by atoms with Crippen molar-refractivity contribution >= 4 is 33.9 Å². The third kappa shape index (κ3) is 3.77. The summed E-state index contributed by atoms with van der Waals surface area (Å²) in [4.78, 5) is 36.1. The molecule has 0 saturated heterocycles. The number of hydrogen-bond acceptors (Lipinski definition) is 6. The molecule has 0 fully saturated rings. The highest BCUT2D eigenvalue weighted by Gasteiger charge is 2.25. The summed E-state index contributed by atoms with van der Waals surface area (Å²) < 4.78 is 4.92. The molecule has 3 aromatic rings. The van der Waals surface area contributed by atoms with E-state index in [1.807, 2.05) is 37.3 Å². The first kappa shape index (κ1) is 19.2. The minimum Gasteiger partial charge on any atom is -0.465 e. The molecule has 1 aromatic heterocycles. The number of non-ortho nitro benzene ring substituents is 1. The lowest BCUT2D eigenvalue weighted by atomic mass is 10.0. The van der Waals surface area contributed by atoms with Gasteiger partial charge in [-0.3, -0.25) is 14.9 Å². The Kier molecular flexibility index (Phi) is 5.51. The maximum absolute atomic E-state index is 12.6. The van der Waals surface area contributed by atoms with Crippen LogP contribution in [-0.4, -0.2) is 23.9 Å². The number of nitro benzene ring substituents is 1. The van der Waals surface area contributed by atoms with Crippen LogP contribution in [0.1, 0.15) is 25.6 Å². The van der Waals surface area contributed by atoms with Gasteiger partial charge in [0.15, 0.2) is 0 Å². The Bertz CT molecular complexity index is 1040. The zero-order valence-corrected chi connectivity index (χ0v) is 15.9. The largest absolute Gasteiger partial charge is 0.465 e. The molecule has 0 bridgehead atoms. The molecule has 8 heteroatoms. The number of esters is 1. The van der Waals surface area contributed by atoms with Gasteiger partial charge in [-0.1, -0.05) is 30.3 Å². The summed E-state index contributed by atoms with van der Waals surface area (Å²) in [5.74, 6) is -1.02. The molecule has 7 nitrogen and oxygen atoms in total. The van der Waals surface area contributed by atoms with Crippen LogP contribution in [0.5, 0.6) is 0 Å². The number of aryl methyl sites for hydroxylation is 1. The Morgan fingerprint density at radius 1 is 1.07 bits per heavy atom. The summed E-state index contributed by atoms with van der Waals surface area (Å²) in [6.07, 6.45) is 0. The highest BCUT2D eigenvalue weighted by Crippen LogP contribution is 2.40. The fraction of sp³-hybridized carbons (Fsp3) is 0.100. The zero-order chi connectivity index (χ0) is 20.3. The van der Waals surface area contributed by atoms with E-state index in [4.69, 9.17) is 4.74 Å². The van der Waals surface area contributed by atoms with E-state index in [1.54, 1.807) is 0 Å². The van der Waals surface area contributed by atoms with E-state index in [0.29, 0.717) is 10.6 Å². The van der Waals surface area contributed by atoms with Crippen LogP contribution >= 0.6 is 11.3 Å². The fourth-order valence-corrected chi connectivity index (χ4v) is 3.85. The van der Waals surface area contributed by atoms with Crippen LogP contribution in [0.4, 0.5) is 10.7 Å². The van der Waals surface area contributed by atoms with Crippen LogP contribution < -0.4 is 5.32 Å². The average Bonchev–Trinajstić information content (AvgIpc) is 3.03. The third-order valence-corrected chi connectivity index (χ3v) is 5.12. The molecule has 1 amide bonds. The smallest absolute Gasteiger partial charge is 0.341 e. The molecule has 1 N–H and O–H groups in total. The van der Waals surface area contributed by atoms with Crippen LogP contribution in [0.25, 0.3) is 11.1 Å². The molecule has 0 radical (unpaired) electrons. The van der Waals surface area contributed by atoms with Crippen molar-refractivity contribution in [1.29, 1.82) is 0 Å². The predicted molar refractivity (Wildman–Crippen MR) is 107 cm³/mol. The van der Waals surface area contributed by atoms with E-state index in [9.17, 15) is 19.7 Å². The number of carbonyl (C=O) groups is 2. The van der Waals surface area contributed by atoms with Gasteiger partial charge in [-0.05, 0) is 24.6 Å². The van der Waals surface area contributed by atoms with Crippen molar-refractivity contribution in [3.63, 3.8) is 0 Å². The lowest BCUT2D eigenvalue weighted by Crippen LogP contribution is -2.14. The first-order chi connectivity index (χ1) is 13.4. The van der Waals surface area contributed by atoms with Gasteiger partial charge in [-0.2, -0.15) is 0 Å². The third-order valence-electron chi connectivity index (χ3n) is 4.10. The zero-order valence-electron chi connectivity index (χ0n) is 15.1. The van der Waals surface area contributed by atoms with E-state index >= 15 is 0 Å². The second-order valence-electron chi connectivity index (χ2n) is 5.85. The van der Waals surface area contributed by atoms with Gasteiger partial charge in [0.05, 0.1) is 12.0 Å². The number of ether oxygens (including phenoxy) is 1. The van der Waals surface area contributed by atoms with Crippen LogP contribution in [0.3, 0.4) is 0 Å². The summed E-state index contributed by atoms with van der Waals surface area (Å²) in [6, 6.07) is 14.6. The van der Waals surface area contributed by atoms with Crippen molar-refractivity contribution in [3.05, 3.63) is 80.7 Å². The molecule has 28 heavy (non-hydrogen) atoms. The Hall–Kier alpha value is -3.52. The molecular formula is C20H16N2O5S. The minimum absolute atomic E-state index is 0.106. The van der Waals surface area contributed by atoms with Crippen molar-refractivity contribution in [2.45, 2.75) is 6.92 Å². The Balaban J connectivity index is 1.99. The normalized spacial score (nSPS) is 10.4. The number of anilines is 1. The number of benzene rings is 2. The van der Waals surface area contributed by atoms with Gasteiger partial charge in [0.1, 0.15) is 10.6 Å². The number of nitrogens with one attached hydrogen (secondary N) is 1. The number of hydrogen-bond donors (Lipinski definition) is 1. The first-order valence-electron chi connectivity index (χ1n) is 8.25. The van der Waals surface area contributed by atoms with Gasteiger partial charge in [0.25, 0.3) is 11.6 Å². The standard InChI is InChI=1S/C20H16N2O5S/c1-12-16(13-6-4-3-5-7-13)17(20(24)27-2)19(28-12)21-18(23)14-8-10-15(11-9-14)22(25)26/h3-11H,1-2H3,(H,21,23). The van der Waals surface area contributed by atoms with E-state index in [1.165, 1.54) is 42.7 Å². The highest BCUT2D eigenvalue weighted by molar-refractivity contribution is 7.17. The molecule has 0 saturated carbocycles. The van der Waals surface area contributed by atoms with Crippen LogP contribution in [-0.2, 0) is 4.74 Å². The topological polar surface area (TPSA) is 98.5 Å². The predicted octanol–water partition coefficient (Wildman–Crippen LogP) is 4.67. The number of nitrogens with zero attached hydrogens (tertiary/aromatic N) is 1. The molecule has 0 aliphatic rings. The highest BCUT2D eigenvalue weighted by atomic mass is 32.1. The Labute approximate surface area is 164 Å². The molecule has 0 unspecified atom stereocenters. The summed E-state index contributed by atoms with van der Waals surface area (Å²) in [7, 11) is 1.28. The van der Waals surface area contributed by atoms with Crippen molar-refractivity contribution in [3.8, 4) is 11.1 Å². The number of methoxy groups -OCH3 is 1. The fourth-order valence-electron chi connectivity index (χ4n) is 2.79. The molecule has 0 aliphatic heterocycles. The van der Waals surface area contributed by atoms with E-state index in [0.717, 1.165) is 10.4 Å². The van der Waals surface area contributed by atoms with Gasteiger partial charge in [-0.15, -0.1) is 11.3 Å². The van der Waals surface area contributed by atoms with Gasteiger partial charge >= 0.3 is 5.97 Å². The van der Waals surface area contributed by atoms with Gasteiger partial charge in [0, 0.05) is 28.1 Å². The summed E-state index contributed by atoms with van der Waals surface area (Å²) in [5, 5.41) is 13.9. The Morgan fingerprint density at radius 3 is 2.29 bits per heavy atom. The summed E-state index contributed by atoms with van der Waals surface area (Å²) in [5.41, 5.74) is 1.97. The summed E-state index contributed by atoms with van der Waals surface area (Å²) >= 11 is 1.27. The van der Waals surface area contributed by atoms with Gasteiger partial charge in [-0.25, -0.2) is 4.79 Å². The maximum Gasteiger partial charge on any atom is 0.341 e. The number of rotatable bonds is 5. The molecule has 2 aromatic carbocycles. The first-order valence-corrected chi connectivity index (χ1v) is 9.07. The average molecular weight is 396 g/mol. The second kappa shape index (κ2) is 8.01. The monoisotopic (exact) mass is 396 g/mol. The number of carbonyl (C=O) groups excluding carboxylic acids is 2. The molecule has 142 valence electrons. The van der Waals surface area contributed by atoms with E-state index in [-0.39, 0.29) is 16.8 Å². The van der Waals surface area contributed by atoms with E-state index in [2.05, 4.69) is 5.32 Å². The van der Waals surface area contributed by atoms with Crippen LogP contribution in [0.15, 0.2) is 54.6 Å². The van der Waals surface area contributed by atoms with E-state index < -0.39 is 16.8 Å². The molecular weight excluding hydrogens is 380 g/mol. The molecule has 3 rings (SSSR count). The molecule has 0 spiro atoms. The SMILES string of the molecule is COC(=O)c1c(NC(=O)c2ccc([N+](=O)[O-])cc2)sc(C)c1-c1ccccc1. The number of amides is 1. The van der Waals surface area contributed by atoms with Crippen LogP contribution in [0.2, 0.25) is 0 Å².